The Morgan fingerprint density at radius 3 is 2.43 bits per heavy atom. The summed E-state index contributed by atoms with van der Waals surface area (Å²) in [5.41, 5.74) is 6.76. The van der Waals surface area contributed by atoms with Gasteiger partial charge in [0.1, 0.15) is 28.0 Å². The second kappa shape index (κ2) is 13.2. The van der Waals surface area contributed by atoms with Crippen LogP contribution < -0.4 is 15.8 Å². The van der Waals surface area contributed by atoms with E-state index < -0.39 is 29.6 Å². The Hall–Kier alpha value is -4.13. The number of ether oxygens (including phenoxy) is 2. The SMILES string of the molecule is CNC1CCC(N(Cc2cc(-c3ccnc(C(=O)OC(N)=O)c3)ccc2OC)C(=O)c2sc3c(F)ccc(F)c3c2Cl)CC1. The number of carbonyl (C=O) groups excluding carboxylic acids is 3. The molecule has 2 heterocycles. The largest absolute Gasteiger partial charge is 0.496 e. The van der Waals surface area contributed by atoms with Gasteiger partial charge >= 0.3 is 12.1 Å². The molecule has 1 fully saturated rings. The lowest BCUT2D eigenvalue weighted by atomic mass is 9.89. The molecule has 2 amide bonds. The molecule has 1 saturated carbocycles. The lowest BCUT2D eigenvalue weighted by Crippen LogP contribution is -2.44. The quantitative estimate of drug-likeness (QED) is 0.170. The molecule has 1 aliphatic rings. The molecule has 13 heteroatoms. The number of rotatable bonds is 8. The third-order valence-corrected chi connectivity index (χ3v) is 9.48. The van der Waals surface area contributed by atoms with Crippen LogP contribution in [-0.4, -0.2) is 54.1 Å². The number of aromatic nitrogens is 1. The first-order valence-corrected chi connectivity index (χ1v) is 15.0. The van der Waals surface area contributed by atoms with Crippen molar-refractivity contribution >= 4 is 51.0 Å². The molecule has 2 aromatic carbocycles. The van der Waals surface area contributed by atoms with Gasteiger partial charge in [-0.25, -0.2) is 23.4 Å². The van der Waals surface area contributed by atoms with E-state index in [9.17, 15) is 23.2 Å². The lowest BCUT2D eigenvalue weighted by molar-refractivity contribution is 0.0601. The van der Waals surface area contributed by atoms with Gasteiger partial charge in [0, 0.05) is 30.4 Å². The predicted octanol–water partition coefficient (Wildman–Crippen LogP) is 6.31. The summed E-state index contributed by atoms with van der Waals surface area (Å²) in [5.74, 6) is -2.27. The average molecular weight is 643 g/mol. The molecule has 3 N–H and O–H groups in total. The highest BCUT2D eigenvalue weighted by Crippen LogP contribution is 2.40. The molecule has 0 radical (unpaired) electrons. The third-order valence-electron chi connectivity index (χ3n) is 7.80. The normalized spacial score (nSPS) is 16.5. The molecule has 5 rings (SSSR count). The van der Waals surface area contributed by atoms with Crippen molar-refractivity contribution in [3.05, 3.63) is 81.5 Å². The van der Waals surface area contributed by atoms with Crippen molar-refractivity contribution in [1.29, 1.82) is 0 Å². The van der Waals surface area contributed by atoms with Gasteiger partial charge in [-0.2, -0.15) is 0 Å². The predicted molar refractivity (Wildman–Crippen MR) is 163 cm³/mol. The third kappa shape index (κ3) is 6.37. The summed E-state index contributed by atoms with van der Waals surface area (Å²) < 4.78 is 39.4. The van der Waals surface area contributed by atoms with Crippen LogP contribution in [-0.2, 0) is 11.3 Å². The summed E-state index contributed by atoms with van der Waals surface area (Å²) in [7, 11) is 3.42. The maximum Gasteiger partial charge on any atom is 0.412 e. The highest BCUT2D eigenvalue weighted by atomic mass is 35.5. The van der Waals surface area contributed by atoms with Crippen LogP contribution in [0.25, 0.3) is 21.2 Å². The second-order valence-electron chi connectivity index (χ2n) is 10.4. The number of carbonyl (C=O) groups is 3. The van der Waals surface area contributed by atoms with Gasteiger partial charge in [-0.15, -0.1) is 11.3 Å². The number of nitrogens with zero attached hydrogens (tertiary/aromatic N) is 2. The first-order valence-electron chi connectivity index (χ1n) is 13.8. The van der Waals surface area contributed by atoms with Crippen molar-refractivity contribution in [2.45, 2.75) is 44.3 Å². The van der Waals surface area contributed by atoms with Gasteiger partial charge in [0.05, 0.1) is 22.2 Å². The van der Waals surface area contributed by atoms with E-state index in [4.69, 9.17) is 22.1 Å². The first kappa shape index (κ1) is 31.3. The number of amides is 2. The minimum Gasteiger partial charge on any atom is -0.496 e. The second-order valence-corrected chi connectivity index (χ2v) is 11.8. The Labute approximate surface area is 260 Å². The molecule has 1 aliphatic carbocycles. The standard InChI is InChI=1S/C31H29ClF2N4O5S/c1-36-19-4-6-20(7-5-19)38(29(39)28-26(32)25-21(33)8-9-22(34)27(25)44-28)15-18-13-16(3-10-24(18)42-2)17-11-12-37-23(14-17)30(40)43-31(35)41/h3,8-14,19-20,36H,4-7,15H2,1-2H3,(H2,35,41). The number of halogens is 3. The number of primary amides is 1. The van der Waals surface area contributed by atoms with Crippen LogP contribution >= 0.6 is 22.9 Å². The number of esters is 1. The summed E-state index contributed by atoms with van der Waals surface area (Å²) in [6.45, 7) is 0.113. The fourth-order valence-corrected chi connectivity index (χ4v) is 7.04. The molecule has 44 heavy (non-hydrogen) atoms. The Morgan fingerprint density at radius 1 is 1.07 bits per heavy atom. The van der Waals surface area contributed by atoms with Gasteiger partial charge in [0.25, 0.3) is 5.91 Å². The zero-order valence-electron chi connectivity index (χ0n) is 23.9. The van der Waals surface area contributed by atoms with Crippen molar-refractivity contribution in [2.24, 2.45) is 5.73 Å². The molecule has 2 aromatic heterocycles. The van der Waals surface area contributed by atoms with E-state index in [1.807, 2.05) is 13.1 Å². The molecular formula is C31H29ClF2N4O5S. The Kier molecular flexibility index (Phi) is 9.42. The maximum absolute atomic E-state index is 14.7. The maximum atomic E-state index is 14.7. The molecule has 9 nitrogen and oxygen atoms in total. The van der Waals surface area contributed by atoms with Gasteiger partial charge in [0.15, 0.2) is 0 Å². The van der Waals surface area contributed by atoms with E-state index in [0.29, 0.717) is 41.3 Å². The molecule has 0 saturated heterocycles. The van der Waals surface area contributed by atoms with Gasteiger partial charge in [0.2, 0.25) is 0 Å². The summed E-state index contributed by atoms with van der Waals surface area (Å²) in [4.78, 5) is 43.2. The number of pyridine rings is 1. The number of hydrogen-bond donors (Lipinski definition) is 2. The van der Waals surface area contributed by atoms with Crippen molar-refractivity contribution in [3.63, 3.8) is 0 Å². The van der Waals surface area contributed by atoms with Crippen LogP contribution in [0.15, 0.2) is 48.7 Å². The molecule has 0 bridgehead atoms. The minimum absolute atomic E-state index is 0.0138. The number of hydrogen-bond acceptors (Lipinski definition) is 8. The van der Waals surface area contributed by atoms with E-state index >= 15 is 0 Å². The Bertz CT molecular complexity index is 1740. The van der Waals surface area contributed by atoms with Gasteiger partial charge in [-0.3, -0.25) is 4.79 Å². The zero-order valence-corrected chi connectivity index (χ0v) is 25.4. The van der Waals surface area contributed by atoms with Crippen LogP contribution in [0.1, 0.15) is 51.4 Å². The molecule has 0 unspecified atom stereocenters. The highest BCUT2D eigenvalue weighted by Gasteiger charge is 2.33. The molecule has 0 atom stereocenters. The molecule has 230 valence electrons. The van der Waals surface area contributed by atoms with Crippen LogP contribution in [0.3, 0.4) is 0 Å². The minimum atomic E-state index is -1.24. The van der Waals surface area contributed by atoms with Crippen molar-refractivity contribution in [2.75, 3.05) is 14.2 Å². The van der Waals surface area contributed by atoms with E-state index in [1.165, 1.54) is 19.4 Å². The molecule has 0 spiro atoms. The summed E-state index contributed by atoms with van der Waals surface area (Å²) in [6.07, 6.45) is 3.25. The molecular weight excluding hydrogens is 614 g/mol. The smallest absolute Gasteiger partial charge is 0.412 e. The van der Waals surface area contributed by atoms with Crippen molar-refractivity contribution in [3.8, 4) is 16.9 Å². The van der Waals surface area contributed by atoms with Crippen LogP contribution in [0, 0.1) is 11.6 Å². The summed E-state index contributed by atoms with van der Waals surface area (Å²) in [6, 6.07) is 10.6. The number of benzene rings is 2. The molecule has 4 aromatic rings. The van der Waals surface area contributed by atoms with E-state index in [0.717, 1.165) is 36.3 Å². The van der Waals surface area contributed by atoms with Crippen LogP contribution in [0.5, 0.6) is 5.75 Å². The van der Waals surface area contributed by atoms with Gasteiger partial charge in [-0.05, 0) is 80.3 Å². The number of thiophene rings is 1. The zero-order chi connectivity index (χ0) is 31.5. The van der Waals surface area contributed by atoms with Crippen LogP contribution in [0.2, 0.25) is 5.02 Å². The fourth-order valence-electron chi connectivity index (χ4n) is 5.54. The number of nitrogens with one attached hydrogen (secondary N) is 1. The van der Waals surface area contributed by atoms with E-state index in [2.05, 4.69) is 15.0 Å². The van der Waals surface area contributed by atoms with Gasteiger partial charge < -0.3 is 25.4 Å². The topological polar surface area (TPSA) is 124 Å². The average Bonchev–Trinajstić information content (AvgIpc) is 3.39. The summed E-state index contributed by atoms with van der Waals surface area (Å²) in [5, 5.41) is 3.06. The van der Waals surface area contributed by atoms with Crippen molar-refractivity contribution < 1.29 is 32.6 Å². The molecule has 0 aliphatic heterocycles. The number of nitrogens with two attached hydrogens (primary N) is 1. The van der Waals surface area contributed by atoms with E-state index in [-0.39, 0.29) is 38.3 Å². The van der Waals surface area contributed by atoms with Gasteiger partial charge in [-0.1, -0.05) is 17.7 Å². The van der Waals surface area contributed by atoms with E-state index in [1.54, 1.807) is 23.1 Å². The Balaban J connectivity index is 1.54. The van der Waals surface area contributed by atoms with Crippen molar-refractivity contribution in [1.82, 2.24) is 15.2 Å². The Morgan fingerprint density at radius 2 is 1.77 bits per heavy atom. The number of fused-ring (bicyclic) bond motifs is 1. The first-order chi connectivity index (χ1) is 21.1. The fraction of sp³-hybridized carbons (Fsp3) is 0.290. The highest BCUT2D eigenvalue weighted by molar-refractivity contribution is 7.21. The summed E-state index contributed by atoms with van der Waals surface area (Å²) >= 11 is 7.38. The van der Waals surface area contributed by atoms with Crippen LogP contribution in [0.4, 0.5) is 13.6 Å². The lowest BCUT2D eigenvalue weighted by Gasteiger charge is -2.37. The monoisotopic (exact) mass is 642 g/mol. The number of methoxy groups -OCH3 is 1.